The molecule has 0 radical (unpaired) electrons. The fourth-order valence-corrected chi connectivity index (χ4v) is 5.31. The Kier molecular flexibility index (Phi) is 8.92. The predicted octanol–water partition coefficient (Wildman–Crippen LogP) is 4.54. The van der Waals surface area contributed by atoms with Gasteiger partial charge in [0.05, 0.1) is 0 Å². The molecule has 0 saturated heterocycles. The molecule has 0 aliphatic heterocycles. The minimum atomic E-state index is -3.49. The second-order valence-electron chi connectivity index (χ2n) is 3.47. The average molecular weight is 438 g/mol. The first-order valence-electron chi connectivity index (χ1n) is 5.12. The standard InChI is InChI=1S/C10H16Cl4O2Te/c1-4-6-9(15)16-10(8(11)5-2)7(3)17(12,13)14/h4,6-8,10H,5H2,1-3H3/b6-4+/t7-,8+,10-/m0/s1. The van der Waals surface area contributed by atoms with Crippen molar-refractivity contribution >= 4 is 59.3 Å². The second kappa shape index (κ2) is 8.35. The molecular weight excluding hydrogens is 422 g/mol. The van der Waals surface area contributed by atoms with Gasteiger partial charge in [-0.05, 0) is 0 Å². The zero-order valence-electron chi connectivity index (χ0n) is 9.83. The third-order valence-corrected chi connectivity index (χ3v) is 11.6. The molecule has 0 unspecified atom stereocenters. The van der Waals surface area contributed by atoms with Crippen LogP contribution in [0.4, 0.5) is 0 Å². The van der Waals surface area contributed by atoms with E-state index < -0.39 is 26.9 Å². The number of ether oxygens (including phenoxy) is 1. The first-order chi connectivity index (χ1) is 7.73. The van der Waals surface area contributed by atoms with E-state index in [-0.39, 0.29) is 9.34 Å². The van der Waals surface area contributed by atoms with Gasteiger partial charge in [-0.15, -0.1) is 0 Å². The van der Waals surface area contributed by atoms with E-state index in [1.165, 1.54) is 6.08 Å². The van der Waals surface area contributed by atoms with Gasteiger partial charge in [0.1, 0.15) is 0 Å². The Labute approximate surface area is 123 Å². The average Bonchev–Trinajstić information content (AvgIpc) is 2.23. The van der Waals surface area contributed by atoms with Crippen LogP contribution in [-0.2, 0) is 9.53 Å². The van der Waals surface area contributed by atoms with Crippen molar-refractivity contribution in [1.82, 2.24) is 0 Å². The van der Waals surface area contributed by atoms with Crippen molar-refractivity contribution in [1.29, 1.82) is 0 Å². The molecule has 0 saturated carbocycles. The van der Waals surface area contributed by atoms with Gasteiger partial charge < -0.3 is 0 Å². The topological polar surface area (TPSA) is 26.3 Å². The predicted molar refractivity (Wildman–Crippen MR) is 77.4 cm³/mol. The maximum absolute atomic E-state index is 11.4. The van der Waals surface area contributed by atoms with E-state index in [0.29, 0.717) is 6.42 Å². The molecule has 0 aliphatic rings. The van der Waals surface area contributed by atoms with Crippen molar-refractivity contribution in [3.8, 4) is 0 Å². The summed E-state index contributed by atoms with van der Waals surface area (Å²) in [5.41, 5.74) is 0. The molecule has 0 aliphatic carbocycles. The molecule has 2 nitrogen and oxygen atoms in total. The summed E-state index contributed by atoms with van der Waals surface area (Å²) in [6.45, 7) is 5.39. The number of carbonyl (C=O) groups excluding carboxylic acids is 1. The number of rotatable bonds is 6. The summed E-state index contributed by atoms with van der Waals surface area (Å²) in [5, 5.41) is -0.346. The Balaban J connectivity index is 4.83. The van der Waals surface area contributed by atoms with Crippen LogP contribution in [-0.4, -0.2) is 32.3 Å². The molecule has 0 heterocycles. The van der Waals surface area contributed by atoms with Crippen LogP contribution >= 0.6 is 38.5 Å². The molecule has 7 heteroatoms. The summed E-state index contributed by atoms with van der Waals surface area (Å²) in [4.78, 5) is 11.4. The van der Waals surface area contributed by atoms with Crippen molar-refractivity contribution < 1.29 is 9.53 Å². The van der Waals surface area contributed by atoms with E-state index in [2.05, 4.69) is 0 Å². The third-order valence-electron chi connectivity index (χ3n) is 2.19. The summed E-state index contributed by atoms with van der Waals surface area (Å²) in [6, 6.07) is 0. The Morgan fingerprint density at radius 1 is 1.41 bits per heavy atom. The van der Waals surface area contributed by atoms with Gasteiger partial charge in [-0.2, -0.15) is 0 Å². The normalized spacial score (nSPS) is 18.8. The zero-order valence-corrected chi connectivity index (χ0v) is 15.2. The monoisotopic (exact) mass is 438 g/mol. The third kappa shape index (κ3) is 6.76. The van der Waals surface area contributed by atoms with Crippen LogP contribution < -0.4 is 0 Å². The summed E-state index contributed by atoms with van der Waals surface area (Å²) in [7, 11) is 18.0. The quantitative estimate of drug-likeness (QED) is 0.264. The van der Waals surface area contributed by atoms with E-state index >= 15 is 0 Å². The Bertz CT molecular complexity index is 278. The van der Waals surface area contributed by atoms with Crippen LogP contribution in [0.15, 0.2) is 12.2 Å². The summed E-state index contributed by atoms with van der Waals surface area (Å²) in [5.74, 6) is -0.458. The minimum absolute atomic E-state index is 0.306. The van der Waals surface area contributed by atoms with E-state index in [0.717, 1.165) is 0 Å². The first-order valence-corrected chi connectivity index (χ1v) is 15.8. The number of alkyl halides is 1. The van der Waals surface area contributed by atoms with Crippen LogP contribution in [0.3, 0.4) is 0 Å². The van der Waals surface area contributed by atoms with Gasteiger partial charge in [0, 0.05) is 0 Å². The fourth-order valence-electron chi connectivity index (χ4n) is 1.16. The fraction of sp³-hybridized carbons (Fsp3) is 0.700. The van der Waals surface area contributed by atoms with Gasteiger partial charge in [0.25, 0.3) is 0 Å². The molecule has 0 spiro atoms. The van der Waals surface area contributed by atoms with Crippen molar-refractivity contribution in [2.45, 2.75) is 42.6 Å². The van der Waals surface area contributed by atoms with Crippen LogP contribution in [0.1, 0.15) is 27.2 Å². The second-order valence-corrected chi connectivity index (χ2v) is 21.7. The number of hydrogen-bond acceptors (Lipinski definition) is 2. The Morgan fingerprint density at radius 3 is 2.29 bits per heavy atom. The molecule has 3 atom stereocenters. The van der Waals surface area contributed by atoms with Crippen molar-refractivity contribution in [2.75, 3.05) is 0 Å². The first kappa shape index (κ1) is 18.2. The number of allylic oxidation sites excluding steroid dienone is 1. The van der Waals surface area contributed by atoms with Crippen LogP contribution in [0, 0.1) is 0 Å². The van der Waals surface area contributed by atoms with Crippen molar-refractivity contribution in [3.05, 3.63) is 12.2 Å². The van der Waals surface area contributed by atoms with Gasteiger partial charge in [-0.3, -0.25) is 0 Å². The summed E-state index contributed by atoms with van der Waals surface area (Å²) in [6.07, 6.45) is 3.00. The SMILES string of the molecule is C/C=C/C(=O)O[C@H]([C@H](Cl)CC)[C@H](C)[Te](Cl)(Cl)Cl. The molecule has 0 N–H and O–H groups in total. The van der Waals surface area contributed by atoms with E-state index in [1.54, 1.807) is 19.9 Å². The number of halogens is 4. The van der Waals surface area contributed by atoms with Crippen molar-refractivity contribution in [2.24, 2.45) is 0 Å². The molecule has 0 aromatic heterocycles. The van der Waals surface area contributed by atoms with Crippen LogP contribution in [0.2, 0.25) is 3.97 Å². The molecule has 102 valence electrons. The van der Waals surface area contributed by atoms with E-state index in [9.17, 15) is 4.79 Å². The number of hydrogen-bond donors (Lipinski definition) is 0. The summed E-state index contributed by atoms with van der Waals surface area (Å²) < 4.78 is 4.96. The van der Waals surface area contributed by atoms with Gasteiger partial charge in [-0.1, -0.05) is 0 Å². The van der Waals surface area contributed by atoms with Gasteiger partial charge in [-0.25, -0.2) is 0 Å². The molecule has 0 bridgehead atoms. The zero-order chi connectivity index (χ0) is 13.6. The molecule has 0 fully saturated rings. The van der Waals surface area contributed by atoms with E-state index in [4.69, 9.17) is 43.2 Å². The van der Waals surface area contributed by atoms with Gasteiger partial charge >= 0.3 is 124 Å². The number of esters is 1. The van der Waals surface area contributed by atoms with Gasteiger partial charge in [0.15, 0.2) is 0 Å². The molecule has 0 aromatic rings. The molecule has 17 heavy (non-hydrogen) atoms. The molecule has 0 amide bonds. The van der Waals surface area contributed by atoms with Crippen molar-refractivity contribution in [3.63, 3.8) is 0 Å². The van der Waals surface area contributed by atoms with Crippen LogP contribution in [0.5, 0.6) is 0 Å². The Hall–Kier alpha value is 1.16. The molecule has 0 aromatic carbocycles. The van der Waals surface area contributed by atoms with Crippen LogP contribution in [0.25, 0.3) is 0 Å². The Morgan fingerprint density at radius 2 is 1.94 bits per heavy atom. The molecular formula is C10H16Cl4O2Te. The summed E-state index contributed by atoms with van der Waals surface area (Å²) >= 11 is 2.64. The maximum atomic E-state index is 11.4. The van der Waals surface area contributed by atoms with Gasteiger partial charge in [0.2, 0.25) is 0 Å². The number of carbonyl (C=O) groups is 1. The van der Waals surface area contributed by atoms with E-state index in [1.807, 2.05) is 6.92 Å². The molecule has 0 rings (SSSR count).